The van der Waals surface area contributed by atoms with Crippen LogP contribution in [0.4, 0.5) is 0 Å². The average molecular weight is 467 g/mol. The van der Waals surface area contributed by atoms with Crippen molar-refractivity contribution in [2.75, 3.05) is 20.2 Å². The van der Waals surface area contributed by atoms with E-state index >= 15 is 0 Å². The molecule has 2 aliphatic rings. The summed E-state index contributed by atoms with van der Waals surface area (Å²) in [5.41, 5.74) is 2.01. The Hall–Kier alpha value is 0.662. The van der Waals surface area contributed by atoms with Crippen LogP contribution in [-0.2, 0) is 20.9 Å². The summed E-state index contributed by atoms with van der Waals surface area (Å²) in [5, 5.41) is 0. The standard InChI is InChI=1S/C17H23NO3.C2H6.CH3.Cs/c1-13-4-6-14(7-5-13)12-21-15-10-17(16(19)20-2)8-3-9-18(17)11-15;1-2;;/h4-7,15H,3,8-12H2,1-2H3;1-2H3;1H3;/q;;-1;+1. The van der Waals surface area contributed by atoms with Crippen LogP contribution >= 0.6 is 0 Å². The fourth-order valence-electron chi connectivity index (χ4n) is 3.63. The van der Waals surface area contributed by atoms with Crippen molar-refractivity contribution in [1.29, 1.82) is 0 Å². The van der Waals surface area contributed by atoms with E-state index in [0.29, 0.717) is 6.61 Å². The summed E-state index contributed by atoms with van der Waals surface area (Å²) >= 11 is 0. The Morgan fingerprint density at radius 1 is 1.28 bits per heavy atom. The Kier molecular flexibility index (Phi) is 12.5. The van der Waals surface area contributed by atoms with E-state index in [1.54, 1.807) is 0 Å². The summed E-state index contributed by atoms with van der Waals surface area (Å²) < 4.78 is 11.1. The fraction of sp³-hybridized carbons (Fsp3) is 0.600. The van der Waals surface area contributed by atoms with Crippen LogP contribution in [0.15, 0.2) is 24.3 Å². The Labute approximate surface area is 212 Å². The molecule has 2 aliphatic heterocycles. The van der Waals surface area contributed by atoms with Crippen molar-refractivity contribution in [3.05, 3.63) is 42.8 Å². The SMILES string of the molecule is CC.COC(=O)C12CCCN1CC(OCc1ccc(C)cc1)C2.[CH3-].[Cs+]. The largest absolute Gasteiger partial charge is 1.00 e. The second kappa shape index (κ2) is 12.2. The molecule has 3 rings (SSSR count). The third-order valence-electron chi connectivity index (χ3n) is 4.78. The van der Waals surface area contributed by atoms with Crippen molar-refractivity contribution >= 4 is 5.97 Å². The molecule has 4 nitrogen and oxygen atoms in total. The first-order chi connectivity index (χ1) is 11.1. The molecule has 2 heterocycles. The van der Waals surface area contributed by atoms with Gasteiger partial charge in [0.05, 0.1) is 19.8 Å². The van der Waals surface area contributed by atoms with E-state index in [1.807, 2.05) is 13.8 Å². The van der Waals surface area contributed by atoms with Crippen molar-refractivity contribution < 1.29 is 83.2 Å². The fourth-order valence-corrected chi connectivity index (χ4v) is 3.63. The number of benzene rings is 1. The minimum atomic E-state index is -0.424. The number of carbonyl (C=O) groups excluding carboxylic acids is 1. The topological polar surface area (TPSA) is 38.8 Å². The first-order valence-electron chi connectivity index (χ1n) is 8.65. The first-order valence-corrected chi connectivity index (χ1v) is 8.65. The number of nitrogens with zero attached hydrogens (tertiary/aromatic N) is 1. The van der Waals surface area contributed by atoms with Crippen molar-refractivity contribution in [2.24, 2.45) is 0 Å². The number of rotatable bonds is 4. The molecule has 0 radical (unpaired) electrons. The number of hydrogen-bond donors (Lipinski definition) is 0. The van der Waals surface area contributed by atoms with Crippen LogP contribution in [0.5, 0.6) is 0 Å². The number of ether oxygens (including phenoxy) is 2. The predicted octanol–water partition coefficient (Wildman–Crippen LogP) is 0.772. The third kappa shape index (κ3) is 6.07. The number of fused-ring (bicyclic) bond motifs is 1. The van der Waals surface area contributed by atoms with Gasteiger partial charge in [-0.3, -0.25) is 9.69 Å². The molecule has 25 heavy (non-hydrogen) atoms. The Morgan fingerprint density at radius 3 is 2.52 bits per heavy atom. The van der Waals surface area contributed by atoms with Gasteiger partial charge in [-0.15, -0.1) is 0 Å². The van der Waals surface area contributed by atoms with Crippen molar-refractivity contribution in [2.45, 2.75) is 58.3 Å². The van der Waals surface area contributed by atoms with Crippen molar-refractivity contribution in [1.82, 2.24) is 4.90 Å². The van der Waals surface area contributed by atoms with Gasteiger partial charge in [0, 0.05) is 13.0 Å². The van der Waals surface area contributed by atoms with Gasteiger partial charge in [0.25, 0.3) is 0 Å². The van der Waals surface area contributed by atoms with Crippen LogP contribution in [0.2, 0.25) is 0 Å². The van der Waals surface area contributed by atoms with Gasteiger partial charge in [0.2, 0.25) is 0 Å². The van der Waals surface area contributed by atoms with Crippen molar-refractivity contribution in [3.63, 3.8) is 0 Å². The maximum Gasteiger partial charge on any atom is 1.00 e. The quantitative estimate of drug-likeness (QED) is 0.485. The van der Waals surface area contributed by atoms with E-state index in [2.05, 4.69) is 36.1 Å². The molecule has 0 amide bonds. The van der Waals surface area contributed by atoms with Gasteiger partial charge in [-0.05, 0) is 31.9 Å². The molecule has 2 unspecified atom stereocenters. The zero-order valence-electron chi connectivity index (χ0n) is 16.8. The molecule has 1 aromatic rings. The zero-order chi connectivity index (χ0) is 16.9. The van der Waals surface area contributed by atoms with E-state index in [9.17, 15) is 4.79 Å². The maximum atomic E-state index is 12.2. The Balaban J connectivity index is 0.00000139. The molecule has 2 atom stereocenters. The molecule has 136 valence electrons. The molecule has 0 bridgehead atoms. The Morgan fingerprint density at radius 2 is 1.92 bits per heavy atom. The molecule has 0 saturated carbocycles. The smallest absolute Gasteiger partial charge is 0.468 e. The van der Waals surface area contributed by atoms with E-state index < -0.39 is 5.54 Å². The second-order valence-electron chi connectivity index (χ2n) is 6.20. The van der Waals surface area contributed by atoms with E-state index in [1.165, 1.54) is 18.2 Å². The van der Waals surface area contributed by atoms with Crippen LogP contribution in [0.3, 0.4) is 0 Å². The summed E-state index contributed by atoms with van der Waals surface area (Å²) in [4.78, 5) is 14.4. The van der Waals surface area contributed by atoms with E-state index in [-0.39, 0.29) is 88.4 Å². The average Bonchev–Trinajstić information content (AvgIpc) is 3.13. The molecule has 0 spiro atoms. The van der Waals surface area contributed by atoms with Crippen LogP contribution in [0, 0.1) is 14.4 Å². The van der Waals surface area contributed by atoms with Crippen LogP contribution in [0.1, 0.15) is 44.2 Å². The molecule has 0 aliphatic carbocycles. The first kappa shape index (κ1) is 25.7. The van der Waals surface area contributed by atoms with Crippen LogP contribution < -0.4 is 68.9 Å². The number of esters is 1. The molecule has 0 N–H and O–H groups in total. The van der Waals surface area contributed by atoms with Crippen molar-refractivity contribution in [3.8, 4) is 0 Å². The minimum absolute atomic E-state index is 0. The molecule has 2 saturated heterocycles. The maximum absolute atomic E-state index is 12.2. The number of hydrogen-bond acceptors (Lipinski definition) is 4. The van der Waals surface area contributed by atoms with Gasteiger partial charge in [-0.1, -0.05) is 43.7 Å². The number of aryl methyl sites for hydroxylation is 1. The van der Waals surface area contributed by atoms with Gasteiger partial charge < -0.3 is 16.9 Å². The summed E-state index contributed by atoms with van der Waals surface area (Å²) in [6.45, 7) is 8.49. The Bertz CT molecular complexity index is 520. The minimum Gasteiger partial charge on any atom is -0.468 e. The predicted molar refractivity (Wildman–Crippen MR) is 97.7 cm³/mol. The van der Waals surface area contributed by atoms with Gasteiger partial charge in [-0.2, -0.15) is 0 Å². The monoisotopic (exact) mass is 467 g/mol. The molecular formula is C20H32CsNO3. The van der Waals surface area contributed by atoms with Gasteiger partial charge in [0.1, 0.15) is 5.54 Å². The van der Waals surface area contributed by atoms with Crippen LogP contribution in [0.25, 0.3) is 0 Å². The second-order valence-corrected chi connectivity index (χ2v) is 6.20. The van der Waals surface area contributed by atoms with Gasteiger partial charge in [-0.25, -0.2) is 0 Å². The molecule has 5 heteroatoms. The molecule has 0 aromatic heterocycles. The van der Waals surface area contributed by atoms with Crippen LogP contribution in [-0.4, -0.2) is 42.7 Å². The third-order valence-corrected chi connectivity index (χ3v) is 4.78. The van der Waals surface area contributed by atoms with Gasteiger partial charge in [0.15, 0.2) is 0 Å². The molecule has 1 aromatic carbocycles. The summed E-state index contributed by atoms with van der Waals surface area (Å²) in [6, 6.07) is 8.39. The summed E-state index contributed by atoms with van der Waals surface area (Å²) in [7, 11) is 1.48. The molecular weight excluding hydrogens is 435 g/mol. The summed E-state index contributed by atoms with van der Waals surface area (Å²) in [6.07, 6.45) is 2.83. The molecule has 2 fully saturated rings. The van der Waals surface area contributed by atoms with E-state index in [0.717, 1.165) is 32.4 Å². The van der Waals surface area contributed by atoms with Gasteiger partial charge >= 0.3 is 74.9 Å². The number of methoxy groups -OCH3 is 1. The summed E-state index contributed by atoms with van der Waals surface area (Å²) in [5.74, 6) is -0.0959. The normalized spacial score (nSPS) is 24.2. The number of carbonyl (C=O) groups is 1. The zero-order valence-corrected chi connectivity index (χ0v) is 23.1. The van der Waals surface area contributed by atoms with E-state index in [4.69, 9.17) is 9.47 Å².